The highest BCUT2D eigenvalue weighted by Crippen LogP contribution is 2.31. The van der Waals surface area contributed by atoms with E-state index in [0.717, 1.165) is 46.7 Å². The Kier molecular flexibility index (Phi) is 2.97. The Labute approximate surface area is 126 Å². The molecule has 0 radical (unpaired) electrons. The molecule has 4 rings (SSSR count). The summed E-state index contributed by atoms with van der Waals surface area (Å²) in [6.45, 7) is 0.972. The lowest BCUT2D eigenvalue weighted by molar-refractivity contribution is 0.632. The van der Waals surface area contributed by atoms with Crippen LogP contribution in [0.25, 0.3) is 22.2 Å². The molecule has 0 fully saturated rings. The molecule has 21 heavy (non-hydrogen) atoms. The molecule has 2 heterocycles. The topological polar surface area (TPSA) is 43.8 Å². The van der Waals surface area contributed by atoms with E-state index in [-0.39, 0.29) is 5.82 Å². The highest BCUT2D eigenvalue weighted by molar-refractivity contribution is 7.97. The van der Waals surface area contributed by atoms with Gasteiger partial charge in [-0.25, -0.2) is 9.37 Å². The lowest BCUT2D eigenvalue weighted by Gasteiger charge is -2.06. The van der Waals surface area contributed by atoms with E-state index < -0.39 is 0 Å². The second-order valence-electron chi connectivity index (χ2n) is 5.25. The Morgan fingerprint density at radius 2 is 2.00 bits per heavy atom. The summed E-state index contributed by atoms with van der Waals surface area (Å²) in [6.07, 6.45) is 2.10. The zero-order valence-corrected chi connectivity index (χ0v) is 12.2. The van der Waals surface area contributed by atoms with Crippen molar-refractivity contribution in [3.63, 3.8) is 0 Å². The minimum absolute atomic E-state index is 0.229. The van der Waals surface area contributed by atoms with Crippen molar-refractivity contribution in [1.82, 2.24) is 9.55 Å². The number of hydrogen-bond acceptors (Lipinski definition) is 3. The van der Waals surface area contributed by atoms with Gasteiger partial charge in [0.25, 0.3) is 0 Å². The molecule has 1 aliphatic heterocycles. The molecule has 0 amide bonds. The first kappa shape index (κ1) is 12.9. The van der Waals surface area contributed by atoms with Gasteiger partial charge in [-0.3, -0.25) is 5.14 Å². The van der Waals surface area contributed by atoms with Crippen molar-refractivity contribution in [3.8, 4) is 11.1 Å². The summed E-state index contributed by atoms with van der Waals surface area (Å²) in [4.78, 5) is 5.48. The maximum atomic E-state index is 14.4. The first-order valence-corrected chi connectivity index (χ1v) is 7.80. The molecule has 2 N–H and O–H groups in total. The van der Waals surface area contributed by atoms with E-state index in [9.17, 15) is 4.39 Å². The van der Waals surface area contributed by atoms with Gasteiger partial charge in [-0.05, 0) is 42.1 Å². The molecule has 1 aromatic heterocycles. The average Bonchev–Trinajstić information content (AvgIpc) is 3.07. The molecule has 3 aromatic rings. The van der Waals surface area contributed by atoms with Crippen LogP contribution in [0, 0.1) is 5.82 Å². The van der Waals surface area contributed by atoms with Gasteiger partial charge in [0.05, 0.1) is 11.0 Å². The first-order chi connectivity index (χ1) is 10.3. The fourth-order valence-corrected chi connectivity index (χ4v) is 3.26. The van der Waals surface area contributed by atoms with Crippen LogP contribution in [-0.4, -0.2) is 9.55 Å². The van der Waals surface area contributed by atoms with Crippen LogP contribution in [0.15, 0.2) is 41.3 Å². The number of aromatic nitrogens is 2. The number of fused-ring (bicyclic) bond motifs is 3. The predicted octanol–water partition coefficient (Wildman–Crippen LogP) is 3.75. The van der Waals surface area contributed by atoms with E-state index >= 15 is 0 Å². The van der Waals surface area contributed by atoms with Gasteiger partial charge in [-0.15, -0.1) is 0 Å². The number of hydrogen-bond donors (Lipinski definition) is 1. The van der Waals surface area contributed by atoms with Crippen LogP contribution in [-0.2, 0) is 13.0 Å². The van der Waals surface area contributed by atoms with Crippen molar-refractivity contribution >= 4 is 23.0 Å². The number of aryl methyl sites for hydroxylation is 2. The number of nitrogens with zero attached hydrogens (tertiary/aromatic N) is 2. The van der Waals surface area contributed by atoms with Crippen molar-refractivity contribution in [2.45, 2.75) is 24.3 Å². The predicted molar refractivity (Wildman–Crippen MR) is 83.5 cm³/mol. The minimum atomic E-state index is -0.229. The summed E-state index contributed by atoms with van der Waals surface area (Å²) in [5.41, 5.74) is 3.25. The average molecular weight is 299 g/mol. The highest BCUT2D eigenvalue weighted by Gasteiger charge is 2.18. The van der Waals surface area contributed by atoms with Gasteiger partial charge in [0.2, 0.25) is 0 Å². The molecule has 0 saturated carbocycles. The van der Waals surface area contributed by atoms with Gasteiger partial charge in [-0.1, -0.05) is 12.1 Å². The van der Waals surface area contributed by atoms with E-state index in [0.29, 0.717) is 5.56 Å². The molecule has 106 valence electrons. The van der Waals surface area contributed by atoms with Gasteiger partial charge in [0, 0.05) is 29.5 Å². The molecule has 3 nitrogen and oxygen atoms in total. The fraction of sp³-hybridized carbons (Fsp3) is 0.188. The third-order valence-electron chi connectivity index (χ3n) is 4.00. The van der Waals surface area contributed by atoms with Crippen molar-refractivity contribution in [3.05, 3.63) is 48.0 Å². The molecule has 0 spiro atoms. The Morgan fingerprint density at radius 3 is 2.76 bits per heavy atom. The summed E-state index contributed by atoms with van der Waals surface area (Å²) in [6, 6.07) is 11.1. The van der Waals surface area contributed by atoms with E-state index in [1.165, 1.54) is 11.9 Å². The number of rotatable bonds is 2. The Morgan fingerprint density at radius 1 is 1.19 bits per heavy atom. The minimum Gasteiger partial charge on any atom is -0.328 e. The third-order valence-corrected chi connectivity index (χ3v) is 4.54. The van der Waals surface area contributed by atoms with Crippen LogP contribution < -0.4 is 5.14 Å². The molecule has 1 aliphatic rings. The van der Waals surface area contributed by atoms with Crippen molar-refractivity contribution < 1.29 is 4.39 Å². The van der Waals surface area contributed by atoms with Gasteiger partial charge in [0.1, 0.15) is 11.6 Å². The van der Waals surface area contributed by atoms with E-state index in [1.54, 1.807) is 6.07 Å². The number of benzene rings is 2. The van der Waals surface area contributed by atoms with Crippen molar-refractivity contribution in [1.29, 1.82) is 0 Å². The molecule has 0 saturated heterocycles. The Hall–Kier alpha value is -1.85. The van der Waals surface area contributed by atoms with Crippen LogP contribution in [0.2, 0.25) is 0 Å². The number of imidazole rings is 1. The smallest absolute Gasteiger partial charge is 0.133 e. The molecule has 2 aromatic carbocycles. The molecule has 0 atom stereocenters. The highest BCUT2D eigenvalue weighted by atomic mass is 32.2. The second-order valence-corrected chi connectivity index (χ2v) is 5.95. The zero-order valence-electron chi connectivity index (χ0n) is 11.3. The van der Waals surface area contributed by atoms with E-state index in [1.807, 2.05) is 30.3 Å². The maximum absolute atomic E-state index is 14.4. The van der Waals surface area contributed by atoms with Gasteiger partial charge in [0.15, 0.2) is 0 Å². The Bertz CT molecular complexity index is 824. The molecule has 0 bridgehead atoms. The zero-order chi connectivity index (χ0) is 14.4. The van der Waals surface area contributed by atoms with Gasteiger partial charge < -0.3 is 4.57 Å². The Balaban J connectivity index is 1.89. The van der Waals surface area contributed by atoms with Crippen molar-refractivity contribution in [2.75, 3.05) is 0 Å². The van der Waals surface area contributed by atoms with Crippen LogP contribution in [0.1, 0.15) is 12.2 Å². The summed E-state index contributed by atoms with van der Waals surface area (Å²) >= 11 is 1.19. The van der Waals surface area contributed by atoms with E-state index in [4.69, 9.17) is 5.14 Å². The second kappa shape index (κ2) is 4.86. The van der Waals surface area contributed by atoms with Crippen LogP contribution in [0.4, 0.5) is 4.39 Å². The molecule has 0 unspecified atom stereocenters. The largest absolute Gasteiger partial charge is 0.328 e. The third kappa shape index (κ3) is 2.04. The van der Waals surface area contributed by atoms with Crippen molar-refractivity contribution in [2.24, 2.45) is 5.14 Å². The first-order valence-electron chi connectivity index (χ1n) is 6.92. The number of halogens is 1. The summed E-state index contributed by atoms with van der Waals surface area (Å²) < 4.78 is 16.6. The van der Waals surface area contributed by atoms with Crippen LogP contribution in [0.3, 0.4) is 0 Å². The molecular formula is C16H14FN3S. The standard InChI is InChI=1S/C16H14FN3S/c17-13-9-14-15(20-7-1-2-16(20)19-14)8-12(13)10-3-5-11(21-18)6-4-10/h3-6,8-9H,1-2,7,18H2. The molecular weight excluding hydrogens is 285 g/mol. The normalized spacial score (nSPS) is 13.8. The van der Waals surface area contributed by atoms with Gasteiger partial charge in [-0.2, -0.15) is 0 Å². The molecule has 0 aliphatic carbocycles. The fourth-order valence-electron chi connectivity index (χ4n) is 2.97. The quantitative estimate of drug-likeness (QED) is 0.733. The van der Waals surface area contributed by atoms with Crippen LogP contribution in [0.5, 0.6) is 0 Å². The maximum Gasteiger partial charge on any atom is 0.133 e. The summed E-state index contributed by atoms with van der Waals surface area (Å²) in [5, 5.41) is 5.52. The lowest BCUT2D eigenvalue weighted by Crippen LogP contribution is -1.93. The number of nitrogens with two attached hydrogens (primary N) is 1. The van der Waals surface area contributed by atoms with Crippen LogP contribution >= 0.6 is 11.9 Å². The molecule has 5 heteroatoms. The lowest BCUT2D eigenvalue weighted by atomic mass is 10.0. The summed E-state index contributed by atoms with van der Waals surface area (Å²) in [7, 11) is 0. The SMILES string of the molecule is NSc1ccc(-c2cc3c(cc2F)nc2n3CCC2)cc1. The monoisotopic (exact) mass is 299 g/mol. The van der Waals surface area contributed by atoms with Gasteiger partial charge >= 0.3 is 0 Å². The summed E-state index contributed by atoms with van der Waals surface area (Å²) in [5.74, 6) is 0.837. The van der Waals surface area contributed by atoms with E-state index in [2.05, 4.69) is 9.55 Å².